The van der Waals surface area contributed by atoms with Crippen LogP contribution in [-0.4, -0.2) is 20.7 Å². The minimum Gasteiger partial charge on any atom is -0.310 e. The van der Waals surface area contributed by atoms with Crippen molar-refractivity contribution in [3.63, 3.8) is 0 Å². The number of aryl methyl sites for hydroxylation is 1. The van der Waals surface area contributed by atoms with Gasteiger partial charge in [-0.05, 0) is 24.1 Å². The third-order valence-electron chi connectivity index (χ3n) is 4.88. The molecule has 0 bridgehead atoms. The number of benzene rings is 2. The molecule has 0 atom stereocenters. The number of amides is 1. The smallest absolute Gasteiger partial charge is 0.226 e. The molecule has 31 heavy (non-hydrogen) atoms. The molecular weight excluding hydrogens is 431 g/mol. The number of carbonyl (C=O) groups excluding carboxylic acids is 1. The van der Waals surface area contributed by atoms with Gasteiger partial charge in [0.25, 0.3) is 0 Å². The highest BCUT2D eigenvalue weighted by atomic mass is 35.5. The van der Waals surface area contributed by atoms with Crippen LogP contribution in [0.1, 0.15) is 29.2 Å². The number of carbonyl (C=O) groups is 1. The van der Waals surface area contributed by atoms with E-state index in [0.717, 1.165) is 16.8 Å². The molecule has 0 aliphatic heterocycles. The number of rotatable bonds is 6. The Balaban J connectivity index is 1.61. The van der Waals surface area contributed by atoms with Gasteiger partial charge in [0.15, 0.2) is 5.82 Å². The second-order valence-corrected chi connectivity index (χ2v) is 8.01. The highest BCUT2D eigenvalue weighted by Crippen LogP contribution is 2.29. The third-order valence-corrected chi connectivity index (χ3v) is 5.37. The van der Waals surface area contributed by atoms with E-state index < -0.39 is 0 Å². The predicted molar refractivity (Wildman–Crippen MR) is 124 cm³/mol. The molecule has 2 heterocycles. The molecule has 4 rings (SSSR count). The summed E-state index contributed by atoms with van der Waals surface area (Å²) in [5, 5.41) is 8.18. The van der Waals surface area contributed by atoms with E-state index in [1.807, 2.05) is 67.6 Å². The highest BCUT2D eigenvalue weighted by molar-refractivity contribution is 6.35. The van der Waals surface area contributed by atoms with Gasteiger partial charge in [0.05, 0.1) is 15.7 Å². The van der Waals surface area contributed by atoms with Crippen LogP contribution < -0.4 is 5.32 Å². The van der Waals surface area contributed by atoms with Crippen molar-refractivity contribution in [3.8, 4) is 5.82 Å². The average Bonchev–Trinajstić information content (AvgIpc) is 3.12. The van der Waals surface area contributed by atoms with E-state index in [1.165, 1.54) is 10.9 Å². The van der Waals surface area contributed by atoms with E-state index in [9.17, 15) is 4.79 Å². The lowest BCUT2D eigenvalue weighted by Gasteiger charge is -2.18. The molecule has 0 spiro atoms. The van der Waals surface area contributed by atoms with Crippen LogP contribution in [0.4, 0.5) is 5.82 Å². The van der Waals surface area contributed by atoms with Crippen molar-refractivity contribution in [2.24, 2.45) is 0 Å². The van der Waals surface area contributed by atoms with Gasteiger partial charge >= 0.3 is 0 Å². The molecular formula is C24H20Cl2N4O. The quantitative estimate of drug-likeness (QED) is 0.389. The normalized spacial score (nSPS) is 11.0. The molecule has 0 aliphatic carbocycles. The largest absolute Gasteiger partial charge is 0.310 e. The SMILES string of the molecule is Cc1cc(NC(=O)CC(c2ccccc2)c2ccccc2)n(-c2ncc(Cl)cc2Cl)n1. The molecule has 1 N–H and O–H groups in total. The van der Waals surface area contributed by atoms with Crippen molar-refractivity contribution in [2.75, 3.05) is 5.32 Å². The molecule has 0 radical (unpaired) electrons. The molecule has 156 valence electrons. The van der Waals surface area contributed by atoms with Crippen LogP contribution in [0.3, 0.4) is 0 Å². The second kappa shape index (κ2) is 9.33. The second-order valence-electron chi connectivity index (χ2n) is 7.17. The Kier molecular flexibility index (Phi) is 6.35. The van der Waals surface area contributed by atoms with Gasteiger partial charge in [0, 0.05) is 24.6 Å². The first-order chi connectivity index (χ1) is 15.0. The third kappa shape index (κ3) is 4.95. The van der Waals surface area contributed by atoms with E-state index in [0.29, 0.717) is 21.7 Å². The Hall–Kier alpha value is -3.15. The van der Waals surface area contributed by atoms with Crippen LogP contribution >= 0.6 is 23.2 Å². The summed E-state index contributed by atoms with van der Waals surface area (Å²) in [6.07, 6.45) is 1.77. The fraction of sp³-hybridized carbons (Fsp3) is 0.125. The lowest BCUT2D eigenvalue weighted by molar-refractivity contribution is -0.116. The van der Waals surface area contributed by atoms with Gasteiger partial charge < -0.3 is 5.32 Å². The van der Waals surface area contributed by atoms with Crippen LogP contribution in [0, 0.1) is 6.92 Å². The van der Waals surface area contributed by atoms with E-state index in [4.69, 9.17) is 23.2 Å². The van der Waals surface area contributed by atoms with Crippen LogP contribution in [0.25, 0.3) is 5.82 Å². The Morgan fingerprint density at radius 3 is 2.19 bits per heavy atom. The lowest BCUT2D eigenvalue weighted by atomic mass is 9.88. The summed E-state index contributed by atoms with van der Waals surface area (Å²) in [5.41, 5.74) is 2.89. The molecule has 0 saturated carbocycles. The lowest BCUT2D eigenvalue weighted by Crippen LogP contribution is -2.19. The molecule has 0 fully saturated rings. The van der Waals surface area contributed by atoms with Crippen molar-refractivity contribution in [3.05, 3.63) is 106 Å². The van der Waals surface area contributed by atoms with E-state index >= 15 is 0 Å². The zero-order valence-corrected chi connectivity index (χ0v) is 18.3. The van der Waals surface area contributed by atoms with Crippen molar-refractivity contribution in [1.29, 1.82) is 0 Å². The van der Waals surface area contributed by atoms with Gasteiger partial charge in [-0.2, -0.15) is 9.78 Å². The number of nitrogens with one attached hydrogen (secondary N) is 1. The number of halogens is 2. The number of pyridine rings is 1. The number of nitrogens with zero attached hydrogens (tertiary/aromatic N) is 3. The van der Waals surface area contributed by atoms with Gasteiger partial charge in [-0.1, -0.05) is 83.9 Å². The zero-order chi connectivity index (χ0) is 21.8. The van der Waals surface area contributed by atoms with Gasteiger partial charge in [-0.15, -0.1) is 0 Å². The standard InChI is InChI=1S/C24H20Cl2N4O/c1-16-12-22(30(29-16)24-21(26)13-19(25)15-27-24)28-23(31)14-20(17-8-4-2-5-9-17)18-10-6-3-7-11-18/h2-13,15,20H,14H2,1H3,(H,28,31). The average molecular weight is 451 g/mol. The monoisotopic (exact) mass is 450 g/mol. The van der Waals surface area contributed by atoms with Gasteiger partial charge in [-0.3, -0.25) is 4.79 Å². The first kappa shape index (κ1) is 21.1. The minimum atomic E-state index is -0.135. The van der Waals surface area contributed by atoms with Gasteiger partial charge in [-0.25, -0.2) is 4.98 Å². The molecule has 0 saturated heterocycles. The van der Waals surface area contributed by atoms with Gasteiger partial charge in [0.1, 0.15) is 5.82 Å². The summed E-state index contributed by atoms with van der Waals surface area (Å²) in [4.78, 5) is 17.3. The maximum Gasteiger partial charge on any atom is 0.226 e. The number of anilines is 1. The number of hydrogen-bond acceptors (Lipinski definition) is 3. The summed E-state index contributed by atoms with van der Waals surface area (Å²) in [5.74, 6) is 0.692. The first-order valence-electron chi connectivity index (χ1n) is 9.79. The fourth-order valence-electron chi connectivity index (χ4n) is 3.49. The maximum absolute atomic E-state index is 13.1. The van der Waals surface area contributed by atoms with Gasteiger partial charge in [0.2, 0.25) is 5.91 Å². The Bertz CT molecular complexity index is 1150. The Morgan fingerprint density at radius 2 is 1.61 bits per heavy atom. The molecule has 0 unspecified atom stereocenters. The van der Waals surface area contributed by atoms with Crippen LogP contribution in [0.5, 0.6) is 0 Å². The fourth-order valence-corrected chi connectivity index (χ4v) is 3.95. The zero-order valence-electron chi connectivity index (χ0n) is 16.8. The van der Waals surface area contributed by atoms with E-state index in [2.05, 4.69) is 15.4 Å². The summed E-state index contributed by atoms with van der Waals surface area (Å²) < 4.78 is 1.52. The Labute approximate surface area is 190 Å². The maximum atomic E-state index is 13.1. The molecule has 5 nitrogen and oxygen atoms in total. The molecule has 2 aromatic heterocycles. The molecule has 2 aromatic carbocycles. The summed E-state index contributed by atoms with van der Waals surface area (Å²) >= 11 is 12.3. The molecule has 0 aliphatic rings. The molecule has 7 heteroatoms. The van der Waals surface area contributed by atoms with Crippen LogP contribution in [0.15, 0.2) is 79.0 Å². The van der Waals surface area contributed by atoms with Crippen LogP contribution in [-0.2, 0) is 4.79 Å². The van der Waals surface area contributed by atoms with Crippen molar-refractivity contribution in [1.82, 2.24) is 14.8 Å². The molecule has 1 amide bonds. The van der Waals surface area contributed by atoms with E-state index in [1.54, 1.807) is 12.1 Å². The summed E-state index contributed by atoms with van der Waals surface area (Å²) in [7, 11) is 0. The van der Waals surface area contributed by atoms with Crippen molar-refractivity contribution in [2.45, 2.75) is 19.3 Å². The minimum absolute atomic E-state index is 0.0721. The summed E-state index contributed by atoms with van der Waals surface area (Å²) in [6.45, 7) is 1.84. The Morgan fingerprint density at radius 1 is 1.00 bits per heavy atom. The van der Waals surface area contributed by atoms with E-state index in [-0.39, 0.29) is 18.2 Å². The number of aromatic nitrogens is 3. The summed E-state index contributed by atoms with van der Waals surface area (Å²) in [6, 6.07) is 23.4. The first-order valence-corrected chi connectivity index (χ1v) is 10.5. The number of hydrogen-bond donors (Lipinski definition) is 1. The van der Waals surface area contributed by atoms with Crippen molar-refractivity contribution >= 4 is 34.9 Å². The topological polar surface area (TPSA) is 59.8 Å². The highest BCUT2D eigenvalue weighted by Gasteiger charge is 2.20. The van der Waals surface area contributed by atoms with Crippen LogP contribution in [0.2, 0.25) is 10.0 Å². The predicted octanol–water partition coefficient (Wildman–Crippen LogP) is 6.04. The van der Waals surface area contributed by atoms with Crippen molar-refractivity contribution < 1.29 is 4.79 Å². The molecule has 4 aromatic rings.